The quantitative estimate of drug-likeness (QED) is 0.601. The van der Waals surface area contributed by atoms with Crippen molar-refractivity contribution in [1.82, 2.24) is 0 Å². The van der Waals surface area contributed by atoms with Gasteiger partial charge in [0.25, 0.3) is 0 Å². The number of benzene rings is 1. The maximum absolute atomic E-state index is 11.9. The minimum atomic E-state index is -0.131. The minimum Gasteiger partial charge on any atom is -0.490 e. The summed E-state index contributed by atoms with van der Waals surface area (Å²) >= 11 is 0. The number of para-hydroxylation sites is 1. The molecular weight excluding hydrogens is 240 g/mol. The van der Waals surface area contributed by atoms with E-state index in [-0.39, 0.29) is 5.97 Å². The Hall–Kier alpha value is -1.77. The standard InChI is InChI=1S/C16H18O3/c17-16(15-11-12-6-7-13(15)10-12)19-9-8-18-14-4-2-1-3-5-14/h1-5,12H,6-11H2. The van der Waals surface area contributed by atoms with E-state index in [9.17, 15) is 4.79 Å². The highest BCUT2D eigenvalue weighted by Gasteiger charge is 2.33. The molecule has 1 aromatic carbocycles. The summed E-state index contributed by atoms with van der Waals surface area (Å²) in [6.45, 7) is 0.719. The van der Waals surface area contributed by atoms with E-state index in [1.54, 1.807) is 0 Å². The molecule has 0 aromatic heterocycles. The van der Waals surface area contributed by atoms with Gasteiger partial charge in [-0.25, -0.2) is 4.79 Å². The second-order valence-electron chi connectivity index (χ2n) is 5.19. The van der Waals surface area contributed by atoms with E-state index in [0.29, 0.717) is 19.1 Å². The lowest BCUT2D eigenvalue weighted by Gasteiger charge is -2.12. The van der Waals surface area contributed by atoms with Gasteiger partial charge in [-0.2, -0.15) is 0 Å². The summed E-state index contributed by atoms with van der Waals surface area (Å²) in [6.07, 6.45) is 4.39. The van der Waals surface area contributed by atoms with Crippen molar-refractivity contribution in [1.29, 1.82) is 0 Å². The molecule has 1 saturated carbocycles. The van der Waals surface area contributed by atoms with Gasteiger partial charge in [0, 0.05) is 5.57 Å². The highest BCUT2D eigenvalue weighted by molar-refractivity contribution is 5.90. The molecule has 3 heteroatoms. The van der Waals surface area contributed by atoms with Crippen LogP contribution in [0.3, 0.4) is 0 Å². The van der Waals surface area contributed by atoms with Crippen molar-refractivity contribution >= 4 is 5.97 Å². The molecule has 0 spiro atoms. The van der Waals surface area contributed by atoms with Gasteiger partial charge in [0.2, 0.25) is 0 Å². The van der Waals surface area contributed by atoms with Crippen molar-refractivity contribution in [2.24, 2.45) is 5.92 Å². The number of hydrogen-bond donors (Lipinski definition) is 0. The molecule has 1 fully saturated rings. The fourth-order valence-electron chi connectivity index (χ4n) is 2.94. The Kier molecular flexibility index (Phi) is 3.53. The second kappa shape index (κ2) is 5.47. The lowest BCUT2D eigenvalue weighted by Crippen LogP contribution is -2.15. The molecule has 2 bridgehead atoms. The number of ether oxygens (including phenoxy) is 2. The number of carbonyl (C=O) groups excluding carboxylic acids is 1. The van der Waals surface area contributed by atoms with Crippen LogP contribution in [-0.4, -0.2) is 19.2 Å². The Bertz CT molecular complexity index is 490. The first-order valence-corrected chi connectivity index (χ1v) is 6.89. The van der Waals surface area contributed by atoms with Gasteiger partial charge in [-0.1, -0.05) is 23.8 Å². The zero-order valence-electron chi connectivity index (χ0n) is 10.9. The first-order chi connectivity index (χ1) is 9.33. The predicted octanol–water partition coefficient (Wildman–Crippen LogP) is 3.11. The van der Waals surface area contributed by atoms with Crippen LogP contribution in [0.5, 0.6) is 5.75 Å². The third-order valence-corrected chi connectivity index (χ3v) is 3.88. The Morgan fingerprint density at radius 1 is 1.16 bits per heavy atom. The molecule has 19 heavy (non-hydrogen) atoms. The minimum absolute atomic E-state index is 0.131. The number of fused-ring (bicyclic) bond motifs is 2. The van der Waals surface area contributed by atoms with E-state index in [0.717, 1.165) is 30.6 Å². The van der Waals surface area contributed by atoms with E-state index in [1.807, 2.05) is 30.3 Å². The average Bonchev–Trinajstić information content (AvgIpc) is 3.07. The topological polar surface area (TPSA) is 35.5 Å². The van der Waals surface area contributed by atoms with Crippen LogP contribution >= 0.6 is 0 Å². The fraction of sp³-hybridized carbons (Fsp3) is 0.438. The maximum Gasteiger partial charge on any atom is 0.334 e. The van der Waals surface area contributed by atoms with Crippen LogP contribution in [0.2, 0.25) is 0 Å². The summed E-state index contributed by atoms with van der Waals surface area (Å²) in [5.74, 6) is 1.38. The smallest absolute Gasteiger partial charge is 0.334 e. The largest absolute Gasteiger partial charge is 0.490 e. The average molecular weight is 258 g/mol. The van der Waals surface area contributed by atoms with Crippen LogP contribution in [-0.2, 0) is 9.53 Å². The molecule has 100 valence electrons. The van der Waals surface area contributed by atoms with Crippen molar-refractivity contribution in [2.75, 3.05) is 13.2 Å². The third-order valence-electron chi connectivity index (χ3n) is 3.88. The number of esters is 1. The normalized spacial score (nSPS) is 20.7. The van der Waals surface area contributed by atoms with Gasteiger partial charge in [0.1, 0.15) is 19.0 Å². The molecule has 3 nitrogen and oxygen atoms in total. The van der Waals surface area contributed by atoms with Gasteiger partial charge in [-0.3, -0.25) is 0 Å². The lowest BCUT2D eigenvalue weighted by atomic mass is 9.99. The molecule has 0 radical (unpaired) electrons. The lowest BCUT2D eigenvalue weighted by molar-refractivity contribution is -0.140. The van der Waals surface area contributed by atoms with Gasteiger partial charge in [-0.15, -0.1) is 0 Å². The molecular formula is C16H18O3. The number of carbonyl (C=O) groups is 1. The van der Waals surface area contributed by atoms with Crippen molar-refractivity contribution in [3.05, 3.63) is 41.5 Å². The number of allylic oxidation sites excluding steroid dienone is 1. The molecule has 0 amide bonds. The summed E-state index contributed by atoms with van der Waals surface area (Å²) in [4.78, 5) is 11.9. The second-order valence-corrected chi connectivity index (χ2v) is 5.19. The van der Waals surface area contributed by atoms with Gasteiger partial charge < -0.3 is 9.47 Å². The molecule has 0 aliphatic heterocycles. The summed E-state index contributed by atoms with van der Waals surface area (Å²) in [5.41, 5.74) is 2.27. The van der Waals surface area contributed by atoms with Crippen LogP contribution in [0.4, 0.5) is 0 Å². The predicted molar refractivity (Wildman–Crippen MR) is 71.9 cm³/mol. The van der Waals surface area contributed by atoms with Crippen molar-refractivity contribution in [3.63, 3.8) is 0 Å². The fourth-order valence-corrected chi connectivity index (χ4v) is 2.94. The zero-order valence-corrected chi connectivity index (χ0v) is 10.9. The first-order valence-electron chi connectivity index (χ1n) is 6.89. The Morgan fingerprint density at radius 2 is 2.00 bits per heavy atom. The number of rotatable bonds is 5. The zero-order chi connectivity index (χ0) is 13.1. The first kappa shape index (κ1) is 12.3. The van der Waals surface area contributed by atoms with Crippen molar-refractivity contribution in [3.8, 4) is 5.75 Å². The van der Waals surface area contributed by atoms with Gasteiger partial charge in [-0.05, 0) is 43.7 Å². The molecule has 2 aliphatic rings. The van der Waals surface area contributed by atoms with E-state index < -0.39 is 0 Å². The Balaban J connectivity index is 1.42. The molecule has 1 atom stereocenters. The Morgan fingerprint density at radius 3 is 2.68 bits per heavy atom. The highest BCUT2D eigenvalue weighted by Crippen LogP contribution is 2.44. The Labute approximate surface area is 113 Å². The van der Waals surface area contributed by atoms with E-state index in [2.05, 4.69) is 0 Å². The van der Waals surface area contributed by atoms with Crippen LogP contribution in [0.15, 0.2) is 41.5 Å². The molecule has 0 saturated heterocycles. The SMILES string of the molecule is O=C(OCCOc1ccccc1)C1=C2CCC(C2)C1. The number of hydrogen-bond acceptors (Lipinski definition) is 3. The summed E-state index contributed by atoms with van der Waals surface area (Å²) < 4.78 is 10.8. The molecule has 1 aromatic rings. The molecule has 0 heterocycles. The van der Waals surface area contributed by atoms with Crippen LogP contribution in [0, 0.1) is 5.92 Å². The van der Waals surface area contributed by atoms with Gasteiger partial charge in [0.05, 0.1) is 0 Å². The van der Waals surface area contributed by atoms with Gasteiger partial charge in [0.15, 0.2) is 0 Å². The van der Waals surface area contributed by atoms with Crippen LogP contribution in [0.1, 0.15) is 25.7 Å². The molecule has 0 N–H and O–H groups in total. The summed E-state index contributed by atoms with van der Waals surface area (Å²) in [5, 5.41) is 0. The van der Waals surface area contributed by atoms with Gasteiger partial charge >= 0.3 is 5.97 Å². The van der Waals surface area contributed by atoms with Crippen molar-refractivity contribution < 1.29 is 14.3 Å². The maximum atomic E-state index is 11.9. The van der Waals surface area contributed by atoms with Crippen LogP contribution in [0.25, 0.3) is 0 Å². The molecule has 3 rings (SSSR count). The third kappa shape index (κ3) is 2.80. The van der Waals surface area contributed by atoms with E-state index in [4.69, 9.17) is 9.47 Å². The van der Waals surface area contributed by atoms with E-state index >= 15 is 0 Å². The monoisotopic (exact) mass is 258 g/mol. The molecule has 1 unspecified atom stereocenters. The van der Waals surface area contributed by atoms with E-state index in [1.165, 1.54) is 12.0 Å². The summed E-state index contributed by atoms with van der Waals surface area (Å²) in [6, 6.07) is 9.56. The van der Waals surface area contributed by atoms with Crippen molar-refractivity contribution in [2.45, 2.75) is 25.7 Å². The summed E-state index contributed by atoms with van der Waals surface area (Å²) in [7, 11) is 0. The highest BCUT2D eigenvalue weighted by atomic mass is 16.6. The van der Waals surface area contributed by atoms with Crippen LogP contribution < -0.4 is 4.74 Å². The molecule has 2 aliphatic carbocycles.